The van der Waals surface area contributed by atoms with E-state index in [2.05, 4.69) is 34.0 Å². The second kappa shape index (κ2) is 13.6. The Hall–Kier alpha value is -0.660. The van der Waals surface area contributed by atoms with Crippen LogP contribution in [0.2, 0.25) is 0 Å². The Kier molecular flexibility index (Phi) is 13.2. The van der Waals surface area contributed by atoms with Crippen LogP contribution >= 0.6 is 0 Å². The van der Waals surface area contributed by atoms with Crippen molar-refractivity contribution in [2.45, 2.75) is 112 Å². The molecule has 0 aromatic rings. The molecule has 0 rings (SSSR count). The lowest BCUT2D eigenvalue weighted by molar-refractivity contribution is -0.127. The quantitative estimate of drug-likeness (QED) is 0.295. The van der Waals surface area contributed by atoms with E-state index in [4.69, 9.17) is 0 Å². The van der Waals surface area contributed by atoms with E-state index < -0.39 is 5.41 Å². The SMILES string of the molecule is CCCCC(CC)CC([C]=O)(CC(CC)CCCC)C(=O)CCC. The molecule has 0 aromatic heterocycles. The van der Waals surface area contributed by atoms with Gasteiger partial charge >= 0.3 is 0 Å². The van der Waals surface area contributed by atoms with Crippen LogP contribution in [0.15, 0.2) is 0 Å². The Morgan fingerprint density at radius 2 is 1.29 bits per heavy atom. The highest BCUT2D eigenvalue weighted by Gasteiger charge is 2.41. The minimum absolute atomic E-state index is 0.143. The van der Waals surface area contributed by atoms with E-state index in [1.807, 2.05) is 6.92 Å². The normalized spacial score (nSPS) is 16.4. The summed E-state index contributed by atoms with van der Waals surface area (Å²) in [4.78, 5) is 24.9. The molecule has 141 valence electrons. The summed E-state index contributed by atoms with van der Waals surface area (Å²) in [5.74, 6) is 1.08. The topological polar surface area (TPSA) is 34.1 Å². The fourth-order valence-electron chi connectivity index (χ4n) is 3.79. The average Bonchev–Trinajstić information content (AvgIpc) is 2.60. The van der Waals surface area contributed by atoms with Gasteiger partial charge in [0, 0.05) is 6.42 Å². The van der Waals surface area contributed by atoms with Gasteiger partial charge in [-0.15, -0.1) is 0 Å². The van der Waals surface area contributed by atoms with Gasteiger partial charge in [-0.1, -0.05) is 86.0 Å². The monoisotopic (exact) mass is 337 g/mol. The number of rotatable bonds is 16. The number of carbonyl (C=O) groups is 1. The number of unbranched alkanes of at least 4 members (excludes halogenated alkanes) is 2. The van der Waals surface area contributed by atoms with Crippen LogP contribution in [0.1, 0.15) is 112 Å². The van der Waals surface area contributed by atoms with E-state index in [-0.39, 0.29) is 5.78 Å². The molecule has 0 aliphatic heterocycles. The summed E-state index contributed by atoms with van der Waals surface area (Å²) in [5.41, 5.74) is -0.848. The van der Waals surface area contributed by atoms with Crippen molar-refractivity contribution in [3.05, 3.63) is 0 Å². The first-order chi connectivity index (χ1) is 11.5. The minimum Gasteiger partial charge on any atom is -0.299 e. The molecule has 0 spiro atoms. The van der Waals surface area contributed by atoms with Crippen molar-refractivity contribution in [2.24, 2.45) is 17.3 Å². The molecule has 24 heavy (non-hydrogen) atoms. The number of hydrogen-bond acceptors (Lipinski definition) is 2. The first-order valence-corrected chi connectivity index (χ1v) is 10.5. The largest absolute Gasteiger partial charge is 0.299 e. The number of ketones is 1. The summed E-state index contributed by atoms with van der Waals surface area (Å²) in [5, 5.41) is 0. The van der Waals surface area contributed by atoms with Crippen LogP contribution in [0.3, 0.4) is 0 Å². The van der Waals surface area contributed by atoms with Crippen LogP contribution in [0.5, 0.6) is 0 Å². The molecule has 1 radical (unpaired) electrons. The maximum atomic E-state index is 12.9. The lowest BCUT2D eigenvalue weighted by atomic mass is 9.68. The Morgan fingerprint density at radius 1 is 0.833 bits per heavy atom. The molecular weight excluding hydrogens is 296 g/mol. The van der Waals surface area contributed by atoms with Crippen LogP contribution < -0.4 is 0 Å². The van der Waals surface area contributed by atoms with E-state index in [1.165, 1.54) is 25.7 Å². The zero-order valence-electron chi connectivity index (χ0n) is 17.0. The summed E-state index contributed by atoms with van der Waals surface area (Å²) in [6.07, 6.45) is 14.1. The van der Waals surface area contributed by atoms with Gasteiger partial charge in [0.15, 0.2) is 0 Å². The van der Waals surface area contributed by atoms with E-state index in [0.29, 0.717) is 31.1 Å². The van der Waals surface area contributed by atoms with E-state index >= 15 is 0 Å². The maximum absolute atomic E-state index is 12.9. The number of Topliss-reactive ketones (excluding diaryl/α,β-unsaturated/α-hetero) is 1. The fraction of sp³-hybridized carbons (Fsp3) is 0.909. The molecule has 0 heterocycles. The molecule has 0 amide bonds. The zero-order chi connectivity index (χ0) is 18.4. The Bertz CT molecular complexity index is 317. The highest BCUT2D eigenvalue weighted by atomic mass is 16.1. The van der Waals surface area contributed by atoms with E-state index in [1.54, 1.807) is 0 Å². The Morgan fingerprint density at radius 3 is 1.58 bits per heavy atom. The molecule has 0 saturated carbocycles. The molecule has 2 unspecified atom stereocenters. The average molecular weight is 338 g/mol. The predicted octanol–water partition coefficient (Wildman–Crippen LogP) is 6.66. The van der Waals surface area contributed by atoms with Gasteiger partial charge in [0.2, 0.25) is 6.29 Å². The van der Waals surface area contributed by atoms with Crippen molar-refractivity contribution in [2.75, 3.05) is 0 Å². The van der Waals surface area contributed by atoms with Gasteiger partial charge in [0.05, 0.1) is 5.41 Å². The molecule has 0 saturated heterocycles. The molecule has 2 atom stereocenters. The van der Waals surface area contributed by atoms with Crippen molar-refractivity contribution in [1.29, 1.82) is 0 Å². The summed E-state index contributed by atoms with van der Waals surface area (Å²) in [7, 11) is 0. The van der Waals surface area contributed by atoms with Gasteiger partial charge in [-0.05, 0) is 31.1 Å². The standard InChI is InChI=1S/C22H41O2/c1-6-11-14-19(9-4)16-22(18-23,21(24)13-8-3)17-20(10-5)15-12-7-2/h19-20H,6-17H2,1-5H3. The third-order valence-electron chi connectivity index (χ3n) is 5.57. The molecule has 0 fully saturated rings. The first-order valence-electron chi connectivity index (χ1n) is 10.5. The summed E-state index contributed by atoms with van der Waals surface area (Å²) >= 11 is 0. The van der Waals surface area contributed by atoms with Crippen LogP contribution in [-0.4, -0.2) is 12.1 Å². The molecular formula is C22H41O2. The van der Waals surface area contributed by atoms with Gasteiger partial charge < -0.3 is 0 Å². The van der Waals surface area contributed by atoms with Crippen LogP contribution in [0.4, 0.5) is 0 Å². The van der Waals surface area contributed by atoms with Crippen molar-refractivity contribution in [1.82, 2.24) is 0 Å². The molecule has 2 heteroatoms. The van der Waals surface area contributed by atoms with Gasteiger partial charge in [-0.25, -0.2) is 0 Å². The zero-order valence-corrected chi connectivity index (χ0v) is 17.0. The number of hydrogen-bond donors (Lipinski definition) is 0. The summed E-state index contributed by atoms with van der Waals surface area (Å²) in [6.45, 7) is 10.8. The second-order valence-corrected chi connectivity index (χ2v) is 7.60. The number of carbonyl (C=O) groups excluding carboxylic acids is 2. The molecule has 0 bridgehead atoms. The smallest absolute Gasteiger partial charge is 0.212 e. The molecule has 0 N–H and O–H groups in total. The van der Waals surface area contributed by atoms with Crippen molar-refractivity contribution in [3.63, 3.8) is 0 Å². The van der Waals surface area contributed by atoms with E-state index in [0.717, 1.165) is 32.1 Å². The second-order valence-electron chi connectivity index (χ2n) is 7.60. The summed E-state index contributed by atoms with van der Waals surface area (Å²) < 4.78 is 0. The highest BCUT2D eigenvalue weighted by molar-refractivity contribution is 5.98. The third-order valence-corrected chi connectivity index (χ3v) is 5.57. The van der Waals surface area contributed by atoms with Gasteiger partial charge in [-0.2, -0.15) is 0 Å². The molecule has 2 nitrogen and oxygen atoms in total. The fourth-order valence-corrected chi connectivity index (χ4v) is 3.79. The molecule has 0 aliphatic carbocycles. The Labute approximate surface area is 151 Å². The van der Waals surface area contributed by atoms with Crippen LogP contribution in [0, 0.1) is 17.3 Å². The Balaban J connectivity index is 5.29. The van der Waals surface area contributed by atoms with Gasteiger partial charge in [0.25, 0.3) is 0 Å². The third kappa shape index (κ3) is 7.94. The van der Waals surface area contributed by atoms with Gasteiger partial charge in [0.1, 0.15) is 5.78 Å². The van der Waals surface area contributed by atoms with Crippen molar-refractivity contribution in [3.8, 4) is 0 Å². The lowest BCUT2D eigenvalue weighted by Gasteiger charge is -2.33. The van der Waals surface area contributed by atoms with Crippen LogP contribution in [0.25, 0.3) is 0 Å². The maximum Gasteiger partial charge on any atom is 0.212 e. The van der Waals surface area contributed by atoms with Crippen molar-refractivity contribution >= 4 is 12.1 Å². The predicted molar refractivity (Wildman–Crippen MR) is 104 cm³/mol. The van der Waals surface area contributed by atoms with E-state index in [9.17, 15) is 9.59 Å². The lowest BCUT2D eigenvalue weighted by Crippen LogP contribution is -2.37. The first kappa shape index (κ1) is 23.3. The molecule has 0 aromatic carbocycles. The van der Waals surface area contributed by atoms with Crippen LogP contribution in [-0.2, 0) is 9.59 Å². The van der Waals surface area contributed by atoms with Gasteiger partial charge in [-0.3, -0.25) is 9.59 Å². The molecule has 0 aliphatic rings. The summed E-state index contributed by atoms with van der Waals surface area (Å²) in [6, 6.07) is 0. The van der Waals surface area contributed by atoms with Crippen molar-refractivity contribution < 1.29 is 9.59 Å². The highest BCUT2D eigenvalue weighted by Crippen LogP contribution is 2.39. The minimum atomic E-state index is -0.848.